The molecule has 0 unspecified atom stereocenters. The average molecular weight is 245 g/mol. The number of ether oxygens (including phenoxy) is 2. The Labute approximate surface area is 98.1 Å². The highest BCUT2D eigenvalue weighted by Gasteiger charge is 2.05. The van der Waals surface area contributed by atoms with Gasteiger partial charge in [0.05, 0.1) is 26.2 Å². The molecule has 17 heavy (non-hydrogen) atoms. The zero-order valence-corrected chi connectivity index (χ0v) is 9.37. The lowest BCUT2D eigenvalue weighted by Gasteiger charge is -2.03. The van der Waals surface area contributed by atoms with E-state index in [1.54, 1.807) is 0 Å². The van der Waals surface area contributed by atoms with E-state index in [4.69, 9.17) is 20.1 Å². The van der Waals surface area contributed by atoms with Gasteiger partial charge in [0.1, 0.15) is 6.61 Å². The number of azide groups is 1. The highest BCUT2D eigenvalue weighted by molar-refractivity contribution is 5.83. The Balaban J connectivity index is 3.24. The van der Waals surface area contributed by atoms with Crippen molar-refractivity contribution in [1.82, 2.24) is 0 Å². The first-order chi connectivity index (χ1) is 8.16. The molecule has 0 amide bonds. The minimum atomic E-state index is -1.00. The molecular formula is C9H15N3O5. The summed E-state index contributed by atoms with van der Waals surface area (Å²) in [5.74, 6) is -1.25. The first kappa shape index (κ1) is 15.4. The Morgan fingerprint density at radius 3 is 2.53 bits per heavy atom. The second kappa shape index (κ2) is 10.9. The quantitative estimate of drug-likeness (QED) is 0.249. The minimum Gasteiger partial charge on any atom is -0.481 e. The fraction of sp³-hybridized carbons (Fsp3) is 0.778. The highest BCUT2D eigenvalue weighted by atomic mass is 16.5. The fourth-order valence-electron chi connectivity index (χ4n) is 0.875. The van der Waals surface area contributed by atoms with E-state index in [2.05, 4.69) is 10.0 Å². The van der Waals surface area contributed by atoms with Gasteiger partial charge in [0, 0.05) is 17.9 Å². The summed E-state index contributed by atoms with van der Waals surface area (Å²) >= 11 is 0. The maximum Gasteiger partial charge on any atom is 0.303 e. The molecule has 0 radical (unpaired) electrons. The van der Waals surface area contributed by atoms with Gasteiger partial charge in [-0.1, -0.05) is 5.11 Å². The zero-order valence-electron chi connectivity index (χ0n) is 9.37. The molecule has 0 aromatic heterocycles. The SMILES string of the molecule is [N-]=[N+]=NCCOCCOCC(=O)CCC(=O)O. The zero-order chi connectivity index (χ0) is 12.9. The third-order valence-corrected chi connectivity index (χ3v) is 1.65. The van der Waals surface area contributed by atoms with Crippen molar-refractivity contribution in [2.45, 2.75) is 12.8 Å². The van der Waals surface area contributed by atoms with E-state index in [-0.39, 0.29) is 38.4 Å². The molecule has 0 spiro atoms. The van der Waals surface area contributed by atoms with Crippen LogP contribution in [0, 0.1) is 0 Å². The van der Waals surface area contributed by atoms with Gasteiger partial charge in [-0.25, -0.2) is 0 Å². The number of nitrogens with zero attached hydrogens (tertiary/aromatic N) is 3. The normalized spacial score (nSPS) is 9.65. The van der Waals surface area contributed by atoms with Crippen LogP contribution >= 0.6 is 0 Å². The molecule has 0 aromatic carbocycles. The van der Waals surface area contributed by atoms with Crippen molar-refractivity contribution in [3.05, 3.63) is 10.4 Å². The third-order valence-electron chi connectivity index (χ3n) is 1.65. The summed E-state index contributed by atoms with van der Waals surface area (Å²) in [6.07, 6.45) is -0.196. The molecule has 8 nitrogen and oxygen atoms in total. The summed E-state index contributed by atoms with van der Waals surface area (Å²) < 4.78 is 9.98. The maximum atomic E-state index is 11.0. The molecule has 0 saturated heterocycles. The predicted octanol–water partition coefficient (Wildman–Crippen LogP) is 0.764. The summed E-state index contributed by atoms with van der Waals surface area (Å²) in [7, 11) is 0. The lowest BCUT2D eigenvalue weighted by atomic mass is 10.2. The number of hydrogen-bond donors (Lipinski definition) is 1. The summed E-state index contributed by atoms with van der Waals surface area (Å²) in [5.41, 5.74) is 7.96. The predicted molar refractivity (Wildman–Crippen MR) is 57.5 cm³/mol. The van der Waals surface area contributed by atoms with E-state index in [0.29, 0.717) is 13.2 Å². The van der Waals surface area contributed by atoms with E-state index < -0.39 is 5.97 Å². The van der Waals surface area contributed by atoms with E-state index in [0.717, 1.165) is 0 Å². The molecule has 96 valence electrons. The van der Waals surface area contributed by atoms with Gasteiger partial charge in [-0.15, -0.1) is 0 Å². The van der Waals surface area contributed by atoms with E-state index in [9.17, 15) is 9.59 Å². The topological polar surface area (TPSA) is 122 Å². The molecule has 8 heteroatoms. The van der Waals surface area contributed by atoms with Crippen LogP contribution in [0.25, 0.3) is 10.4 Å². The number of hydrogen-bond acceptors (Lipinski definition) is 5. The van der Waals surface area contributed by atoms with Crippen LogP contribution in [0.3, 0.4) is 0 Å². The molecule has 0 aromatic rings. The summed E-state index contributed by atoms with van der Waals surface area (Å²) in [5, 5.41) is 11.6. The van der Waals surface area contributed by atoms with Crippen molar-refractivity contribution in [3.63, 3.8) is 0 Å². The van der Waals surface area contributed by atoms with Crippen molar-refractivity contribution < 1.29 is 24.2 Å². The fourth-order valence-corrected chi connectivity index (χ4v) is 0.875. The van der Waals surface area contributed by atoms with Crippen LogP contribution in [0.15, 0.2) is 5.11 Å². The van der Waals surface area contributed by atoms with Crippen LogP contribution in [-0.2, 0) is 19.1 Å². The molecule has 0 rings (SSSR count). The van der Waals surface area contributed by atoms with E-state index in [1.165, 1.54) is 0 Å². The van der Waals surface area contributed by atoms with Gasteiger partial charge in [0.2, 0.25) is 0 Å². The number of rotatable bonds is 11. The molecule has 1 N–H and O–H groups in total. The van der Waals surface area contributed by atoms with Crippen LogP contribution < -0.4 is 0 Å². The van der Waals surface area contributed by atoms with Crippen molar-refractivity contribution in [3.8, 4) is 0 Å². The number of aliphatic carboxylic acids is 1. The molecule has 0 saturated carbocycles. The van der Waals surface area contributed by atoms with Gasteiger partial charge in [-0.05, 0) is 5.53 Å². The minimum absolute atomic E-state index is 0.0208. The number of carbonyl (C=O) groups is 2. The van der Waals surface area contributed by atoms with Crippen LogP contribution in [-0.4, -0.2) is 49.8 Å². The number of carbonyl (C=O) groups excluding carboxylic acids is 1. The average Bonchev–Trinajstić information content (AvgIpc) is 2.30. The first-order valence-corrected chi connectivity index (χ1v) is 5.06. The smallest absolute Gasteiger partial charge is 0.303 e. The van der Waals surface area contributed by atoms with Crippen LogP contribution in [0.5, 0.6) is 0 Å². The Kier molecular flexibility index (Phi) is 9.83. The standard InChI is InChI=1S/C9H15N3O5/c10-12-11-3-4-16-5-6-17-7-8(13)1-2-9(14)15/h1-7H2,(H,14,15). The van der Waals surface area contributed by atoms with Gasteiger partial charge >= 0.3 is 5.97 Å². The largest absolute Gasteiger partial charge is 0.481 e. The second-order valence-electron chi connectivity index (χ2n) is 3.05. The van der Waals surface area contributed by atoms with Crippen LogP contribution in [0.1, 0.15) is 12.8 Å². The van der Waals surface area contributed by atoms with Crippen LogP contribution in [0.2, 0.25) is 0 Å². The summed E-state index contributed by atoms with van der Waals surface area (Å²) in [6, 6.07) is 0. The lowest BCUT2D eigenvalue weighted by molar-refractivity contribution is -0.139. The molecule has 0 aliphatic rings. The Hall–Kier alpha value is -1.63. The Bertz CT molecular complexity index is 288. The molecule has 0 atom stereocenters. The molecule has 0 bridgehead atoms. The highest BCUT2D eigenvalue weighted by Crippen LogP contribution is 1.92. The Morgan fingerprint density at radius 1 is 1.18 bits per heavy atom. The van der Waals surface area contributed by atoms with Gasteiger partial charge in [0.25, 0.3) is 0 Å². The van der Waals surface area contributed by atoms with Gasteiger partial charge in [-0.2, -0.15) is 0 Å². The molecule has 0 fully saturated rings. The first-order valence-electron chi connectivity index (χ1n) is 5.06. The van der Waals surface area contributed by atoms with Crippen molar-refractivity contribution >= 4 is 11.8 Å². The monoisotopic (exact) mass is 245 g/mol. The Morgan fingerprint density at radius 2 is 1.88 bits per heavy atom. The second-order valence-corrected chi connectivity index (χ2v) is 3.05. The van der Waals surface area contributed by atoms with Gasteiger partial charge < -0.3 is 14.6 Å². The number of Topliss-reactive ketones (excluding diaryl/α,β-unsaturated/α-hetero) is 1. The van der Waals surface area contributed by atoms with Gasteiger partial charge in [-0.3, -0.25) is 9.59 Å². The third kappa shape index (κ3) is 12.3. The molecule has 0 aliphatic heterocycles. The number of ketones is 1. The van der Waals surface area contributed by atoms with E-state index in [1.807, 2.05) is 0 Å². The summed E-state index contributed by atoms with van der Waals surface area (Å²) in [4.78, 5) is 23.7. The van der Waals surface area contributed by atoms with Crippen molar-refractivity contribution in [2.75, 3.05) is 33.0 Å². The van der Waals surface area contributed by atoms with E-state index >= 15 is 0 Å². The number of carboxylic acids is 1. The maximum absolute atomic E-state index is 11.0. The van der Waals surface area contributed by atoms with Crippen molar-refractivity contribution in [1.29, 1.82) is 0 Å². The van der Waals surface area contributed by atoms with Crippen molar-refractivity contribution in [2.24, 2.45) is 5.11 Å². The number of carboxylic acid groups (broad SMARTS) is 1. The summed E-state index contributed by atoms with van der Waals surface area (Å²) in [6.45, 7) is 1.00. The molecule has 0 heterocycles. The molecular weight excluding hydrogens is 230 g/mol. The molecule has 0 aliphatic carbocycles. The van der Waals surface area contributed by atoms with Gasteiger partial charge in [0.15, 0.2) is 5.78 Å². The van der Waals surface area contributed by atoms with Crippen LogP contribution in [0.4, 0.5) is 0 Å². The lowest BCUT2D eigenvalue weighted by Crippen LogP contribution is -2.14.